The fraction of sp³-hybridized carbons (Fsp3) is 0.148. The van der Waals surface area contributed by atoms with Gasteiger partial charge in [0.1, 0.15) is 5.75 Å². The summed E-state index contributed by atoms with van der Waals surface area (Å²) in [6.45, 7) is 4.15. The van der Waals surface area contributed by atoms with E-state index in [9.17, 15) is 29.8 Å². The van der Waals surface area contributed by atoms with Crippen molar-refractivity contribution in [2.75, 3.05) is 13.2 Å². The highest BCUT2D eigenvalue weighted by Crippen LogP contribution is 2.37. The molecule has 0 bridgehead atoms. The van der Waals surface area contributed by atoms with Gasteiger partial charge in [0.05, 0.1) is 38.7 Å². The lowest BCUT2D eigenvalue weighted by Gasteiger charge is -2.12. The van der Waals surface area contributed by atoms with Crippen LogP contribution in [0.1, 0.15) is 29.8 Å². The molecule has 12 nitrogen and oxygen atoms in total. The van der Waals surface area contributed by atoms with E-state index >= 15 is 0 Å². The number of hydrogen-bond donors (Lipinski definition) is 0. The van der Waals surface area contributed by atoms with Crippen molar-refractivity contribution in [2.24, 2.45) is 4.99 Å². The number of nitro groups is 2. The number of hydrogen-bond acceptors (Lipinski definition) is 10. The fourth-order valence-corrected chi connectivity index (χ4v) is 4.75. The van der Waals surface area contributed by atoms with Crippen LogP contribution in [-0.2, 0) is 9.53 Å². The molecule has 1 amide bonds. The highest BCUT2D eigenvalue weighted by Gasteiger charge is 2.32. The summed E-state index contributed by atoms with van der Waals surface area (Å²) in [6, 6.07) is 16.2. The van der Waals surface area contributed by atoms with Crippen LogP contribution >= 0.6 is 11.8 Å². The van der Waals surface area contributed by atoms with Gasteiger partial charge >= 0.3 is 11.7 Å². The molecule has 40 heavy (non-hydrogen) atoms. The maximum Gasteiger partial charge on any atom is 0.338 e. The van der Waals surface area contributed by atoms with E-state index < -0.39 is 27.2 Å². The molecule has 0 aromatic heterocycles. The van der Waals surface area contributed by atoms with Crippen molar-refractivity contribution < 1.29 is 28.9 Å². The van der Waals surface area contributed by atoms with Crippen molar-refractivity contribution in [3.05, 3.63) is 103 Å². The van der Waals surface area contributed by atoms with Crippen LogP contribution in [0.3, 0.4) is 0 Å². The summed E-state index contributed by atoms with van der Waals surface area (Å²) < 4.78 is 10.7. The number of ether oxygens (including phenoxy) is 2. The number of nitro benzene ring substituents is 2. The Labute approximate surface area is 232 Å². The lowest BCUT2D eigenvalue weighted by Crippen LogP contribution is -2.28. The zero-order chi connectivity index (χ0) is 28.8. The minimum atomic E-state index is -0.759. The summed E-state index contributed by atoms with van der Waals surface area (Å²) >= 11 is 1.16. The SMILES string of the molecule is CCOC(=O)c1cccc(N=C2SC(=Cc3cccc(Oc4ccc([N+](=O)[O-])cc4[N+](=O)[O-])c3)C(=O)N2CC)c1. The largest absolute Gasteiger partial charge is 0.462 e. The van der Waals surface area contributed by atoms with Crippen molar-refractivity contribution in [1.29, 1.82) is 0 Å². The second-order valence-corrected chi connectivity index (χ2v) is 9.18. The molecule has 1 aliphatic rings. The Kier molecular flexibility index (Phi) is 8.54. The zero-order valence-corrected chi connectivity index (χ0v) is 22.1. The number of non-ortho nitro benzene ring substituents is 1. The Morgan fingerprint density at radius 2 is 1.80 bits per heavy atom. The van der Waals surface area contributed by atoms with E-state index in [2.05, 4.69) is 4.99 Å². The first-order valence-electron chi connectivity index (χ1n) is 12.0. The van der Waals surface area contributed by atoms with Crippen LogP contribution in [0.25, 0.3) is 6.08 Å². The molecule has 1 saturated heterocycles. The number of likely N-dealkylation sites (N-methyl/N-ethyl adjacent to an activating group) is 1. The number of nitrogens with zero attached hydrogens (tertiary/aromatic N) is 4. The topological polar surface area (TPSA) is 154 Å². The Morgan fingerprint density at radius 1 is 1.02 bits per heavy atom. The Hall–Kier alpha value is -5.04. The molecule has 13 heteroatoms. The van der Waals surface area contributed by atoms with E-state index in [-0.39, 0.29) is 24.0 Å². The number of benzene rings is 3. The summed E-state index contributed by atoms with van der Waals surface area (Å²) in [4.78, 5) is 52.6. The van der Waals surface area contributed by atoms with Gasteiger partial charge in [-0.05, 0) is 73.6 Å². The van der Waals surface area contributed by atoms with E-state index in [1.807, 2.05) is 6.92 Å². The number of rotatable bonds is 9. The first-order chi connectivity index (χ1) is 19.2. The van der Waals surface area contributed by atoms with Crippen LogP contribution < -0.4 is 4.74 Å². The third kappa shape index (κ3) is 6.32. The van der Waals surface area contributed by atoms with Crippen LogP contribution in [0.5, 0.6) is 11.5 Å². The predicted octanol–water partition coefficient (Wildman–Crippen LogP) is 6.10. The molecule has 1 heterocycles. The van der Waals surface area contributed by atoms with Crippen LogP contribution in [0.15, 0.2) is 76.6 Å². The average molecular weight is 563 g/mol. The quantitative estimate of drug-likeness (QED) is 0.130. The van der Waals surface area contributed by atoms with Crippen LogP contribution in [0.2, 0.25) is 0 Å². The monoisotopic (exact) mass is 562 g/mol. The molecule has 3 aromatic carbocycles. The molecule has 0 unspecified atom stereocenters. The van der Waals surface area contributed by atoms with Crippen LogP contribution in [0.4, 0.5) is 17.1 Å². The summed E-state index contributed by atoms with van der Waals surface area (Å²) in [6.07, 6.45) is 1.64. The molecule has 0 N–H and O–H groups in total. The van der Waals surface area contributed by atoms with E-state index in [0.29, 0.717) is 33.4 Å². The van der Waals surface area contributed by atoms with E-state index in [1.54, 1.807) is 61.5 Å². The van der Waals surface area contributed by atoms with E-state index in [0.717, 1.165) is 30.0 Å². The third-order valence-corrected chi connectivity index (χ3v) is 6.53. The van der Waals surface area contributed by atoms with Gasteiger partial charge < -0.3 is 9.47 Å². The van der Waals surface area contributed by atoms with Crippen molar-refractivity contribution in [2.45, 2.75) is 13.8 Å². The second kappa shape index (κ2) is 12.2. The molecule has 3 aromatic rings. The fourth-order valence-electron chi connectivity index (χ4n) is 3.69. The summed E-state index contributed by atoms with van der Waals surface area (Å²) in [5.41, 5.74) is 0.438. The molecule has 0 aliphatic carbocycles. The first kappa shape index (κ1) is 28.0. The van der Waals surface area contributed by atoms with Gasteiger partial charge in [-0.15, -0.1) is 0 Å². The van der Waals surface area contributed by atoms with Crippen molar-refractivity contribution in [1.82, 2.24) is 4.90 Å². The molecular weight excluding hydrogens is 540 g/mol. The van der Waals surface area contributed by atoms with Crippen LogP contribution in [0, 0.1) is 20.2 Å². The summed E-state index contributed by atoms with van der Waals surface area (Å²) in [5, 5.41) is 22.9. The normalized spacial score (nSPS) is 14.9. The van der Waals surface area contributed by atoms with Gasteiger partial charge in [-0.3, -0.25) is 29.9 Å². The van der Waals surface area contributed by atoms with Crippen molar-refractivity contribution >= 4 is 51.9 Å². The van der Waals surface area contributed by atoms with Crippen molar-refractivity contribution in [3.8, 4) is 11.5 Å². The molecule has 0 spiro atoms. The number of aliphatic imine (C=N–C) groups is 1. The molecule has 1 aliphatic heterocycles. The van der Waals surface area contributed by atoms with Crippen LogP contribution in [-0.4, -0.2) is 44.9 Å². The Morgan fingerprint density at radius 3 is 2.50 bits per heavy atom. The first-order valence-corrected chi connectivity index (χ1v) is 12.8. The number of thioether (sulfide) groups is 1. The predicted molar refractivity (Wildman–Crippen MR) is 149 cm³/mol. The summed E-state index contributed by atoms with van der Waals surface area (Å²) in [5.74, 6) is -0.652. The number of amidine groups is 1. The van der Waals surface area contributed by atoms with E-state index in [4.69, 9.17) is 9.47 Å². The van der Waals surface area contributed by atoms with Gasteiger partial charge in [-0.2, -0.15) is 0 Å². The molecular formula is C27H22N4O8S. The Balaban J connectivity index is 1.59. The molecule has 0 radical (unpaired) electrons. The lowest BCUT2D eigenvalue weighted by molar-refractivity contribution is -0.394. The lowest BCUT2D eigenvalue weighted by atomic mass is 10.2. The minimum Gasteiger partial charge on any atom is -0.462 e. The standard InChI is InChI=1S/C27H22N4O8S/c1-3-29-25(32)24(40-27(29)28-19-9-6-8-18(15-19)26(33)38-4-2)14-17-7-5-10-21(13-17)39-23-12-11-20(30(34)35)16-22(23)31(36)37/h5-16H,3-4H2,1-2H3. The minimum absolute atomic E-state index is 0.164. The highest BCUT2D eigenvalue weighted by molar-refractivity contribution is 8.18. The van der Waals surface area contributed by atoms with Gasteiger partial charge in [0, 0.05) is 12.6 Å². The number of carbonyl (C=O) groups is 2. The average Bonchev–Trinajstić information content (AvgIpc) is 3.22. The molecule has 204 valence electrons. The number of amides is 1. The zero-order valence-electron chi connectivity index (χ0n) is 21.3. The van der Waals surface area contributed by atoms with Gasteiger partial charge in [0.2, 0.25) is 5.75 Å². The van der Waals surface area contributed by atoms with E-state index in [1.165, 1.54) is 4.90 Å². The molecule has 0 atom stereocenters. The summed E-state index contributed by atoms with van der Waals surface area (Å²) in [7, 11) is 0. The smallest absolute Gasteiger partial charge is 0.338 e. The molecule has 0 saturated carbocycles. The van der Waals surface area contributed by atoms with Crippen molar-refractivity contribution in [3.63, 3.8) is 0 Å². The Bertz CT molecular complexity index is 1570. The van der Waals surface area contributed by atoms with Gasteiger partial charge in [0.15, 0.2) is 5.17 Å². The third-order valence-electron chi connectivity index (χ3n) is 5.52. The maximum absolute atomic E-state index is 13.1. The molecule has 1 fully saturated rings. The number of esters is 1. The number of carbonyl (C=O) groups excluding carboxylic acids is 2. The van der Waals surface area contributed by atoms with Gasteiger partial charge in [-0.25, -0.2) is 9.79 Å². The molecule has 4 rings (SSSR count). The van der Waals surface area contributed by atoms with Gasteiger partial charge in [-0.1, -0.05) is 18.2 Å². The van der Waals surface area contributed by atoms with Gasteiger partial charge in [0.25, 0.3) is 11.6 Å². The maximum atomic E-state index is 13.1. The second-order valence-electron chi connectivity index (χ2n) is 8.17. The highest BCUT2D eigenvalue weighted by atomic mass is 32.2.